The number of amides is 2. The molecule has 8 heteroatoms. The molecule has 0 aliphatic carbocycles. The summed E-state index contributed by atoms with van der Waals surface area (Å²) in [4.78, 5) is 47.5. The standard InChI is InChI=1S/C17H18N2O6/c1-2-3-8-25-16(22)10-18-12-9-11(17(23)24)4-5-13(12)19-14(20)6-7-15(19)21/h4-7,9,18H,2-3,8,10H2,1H3,(H,23,24). The number of aromatic carboxylic acids is 1. The summed E-state index contributed by atoms with van der Waals surface area (Å²) in [5.41, 5.74) is 0.307. The first-order chi connectivity index (χ1) is 11.9. The predicted octanol–water partition coefficient (Wildman–Crippen LogP) is 1.57. The molecule has 132 valence electrons. The highest BCUT2D eigenvalue weighted by molar-refractivity contribution is 6.29. The molecule has 2 N–H and O–H groups in total. The molecule has 0 radical (unpaired) electrons. The number of carbonyl (C=O) groups excluding carboxylic acids is 3. The zero-order valence-electron chi connectivity index (χ0n) is 13.7. The largest absolute Gasteiger partial charge is 0.478 e. The summed E-state index contributed by atoms with van der Waals surface area (Å²) < 4.78 is 5.01. The minimum Gasteiger partial charge on any atom is -0.478 e. The number of ether oxygens (including phenoxy) is 1. The van der Waals surface area contributed by atoms with E-state index in [0.29, 0.717) is 6.61 Å². The fourth-order valence-electron chi connectivity index (χ4n) is 2.19. The Morgan fingerprint density at radius 1 is 1.20 bits per heavy atom. The van der Waals surface area contributed by atoms with Crippen molar-refractivity contribution < 1.29 is 29.0 Å². The number of imide groups is 1. The van der Waals surface area contributed by atoms with E-state index in [2.05, 4.69) is 5.32 Å². The highest BCUT2D eigenvalue weighted by Gasteiger charge is 2.28. The van der Waals surface area contributed by atoms with E-state index in [-0.39, 0.29) is 23.5 Å². The zero-order chi connectivity index (χ0) is 18.4. The van der Waals surface area contributed by atoms with E-state index in [0.717, 1.165) is 29.9 Å². The summed E-state index contributed by atoms with van der Waals surface area (Å²) in [6.45, 7) is 2.04. The molecule has 0 spiro atoms. The van der Waals surface area contributed by atoms with Gasteiger partial charge in [0.25, 0.3) is 11.8 Å². The van der Waals surface area contributed by atoms with Crippen molar-refractivity contribution in [2.75, 3.05) is 23.4 Å². The van der Waals surface area contributed by atoms with Crippen LogP contribution in [0.1, 0.15) is 30.1 Å². The molecular formula is C17H18N2O6. The molecule has 0 fully saturated rings. The van der Waals surface area contributed by atoms with E-state index in [1.807, 2.05) is 6.92 Å². The van der Waals surface area contributed by atoms with Crippen molar-refractivity contribution in [3.8, 4) is 0 Å². The molecule has 1 aromatic rings. The van der Waals surface area contributed by atoms with Gasteiger partial charge in [0.05, 0.1) is 23.5 Å². The van der Waals surface area contributed by atoms with E-state index >= 15 is 0 Å². The van der Waals surface area contributed by atoms with Crippen LogP contribution in [0.25, 0.3) is 0 Å². The van der Waals surface area contributed by atoms with Gasteiger partial charge in [-0.05, 0) is 24.6 Å². The maximum absolute atomic E-state index is 11.9. The third kappa shape index (κ3) is 4.43. The fraction of sp³-hybridized carbons (Fsp3) is 0.294. The topological polar surface area (TPSA) is 113 Å². The van der Waals surface area contributed by atoms with Crippen molar-refractivity contribution in [2.45, 2.75) is 19.8 Å². The molecule has 8 nitrogen and oxygen atoms in total. The molecule has 0 unspecified atom stereocenters. The van der Waals surface area contributed by atoms with Crippen LogP contribution in [0.15, 0.2) is 30.4 Å². The Hall–Kier alpha value is -3.16. The molecular weight excluding hydrogens is 328 g/mol. The van der Waals surface area contributed by atoms with Crippen LogP contribution in [-0.2, 0) is 19.1 Å². The quantitative estimate of drug-likeness (QED) is 0.417. The second kappa shape index (κ2) is 8.09. The number of rotatable bonds is 8. The van der Waals surface area contributed by atoms with Gasteiger partial charge in [0.15, 0.2) is 0 Å². The summed E-state index contributed by atoms with van der Waals surface area (Å²) in [6, 6.07) is 3.88. The number of hydrogen-bond donors (Lipinski definition) is 2. The van der Waals surface area contributed by atoms with E-state index in [4.69, 9.17) is 9.84 Å². The Bertz CT molecular complexity index is 723. The Kier molecular flexibility index (Phi) is 5.89. The summed E-state index contributed by atoms with van der Waals surface area (Å²) in [7, 11) is 0. The molecule has 0 aromatic heterocycles. The van der Waals surface area contributed by atoms with Crippen molar-refractivity contribution in [3.63, 3.8) is 0 Å². The SMILES string of the molecule is CCCCOC(=O)CNc1cc(C(=O)O)ccc1N1C(=O)C=CC1=O. The van der Waals surface area contributed by atoms with E-state index in [9.17, 15) is 19.2 Å². The number of unbranched alkanes of at least 4 members (excludes halogenated alkanes) is 1. The number of hydrogen-bond acceptors (Lipinski definition) is 6. The monoisotopic (exact) mass is 346 g/mol. The number of carbonyl (C=O) groups is 4. The second-order valence-electron chi connectivity index (χ2n) is 5.31. The molecule has 0 saturated carbocycles. The number of carboxylic acid groups (broad SMARTS) is 1. The average Bonchev–Trinajstić information content (AvgIpc) is 2.91. The lowest BCUT2D eigenvalue weighted by atomic mass is 10.1. The molecule has 1 heterocycles. The van der Waals surface area contributed by atoms with E-state index in [1.165, 1.54) is 18.2 Å². The predicted molar refractivity (Wildman–Crippen MR) is 89.4 cm³/mol. The van der Waals surface area contributed by atoms with Gasteiger partial charge < -0.3 is 15.2 Å². The van der Waals surface area contributed by atoms with Crippen LogP contribution >= 0.6 is 0 Å². The fourth-order valence-corrected chi connectivity index (χ4v) is 2.19. The van der Waals surface area contributed by atoms with Gasteiger partial charge in [0.1, 0.15) is 6.54 Å². The third-order valence-electron chi connectivity index (χ3n) is 3.48. The van der Waals surface area contributed by atoms with Gasteiger partial charge in [-0.1, -0.05) is 13.3 Å². The van der Waals surface area contributed by atoms with Crippen molar-refractivity contribution in [3.05, 3.63) is 35.9 Å². The van der Waals surface area contributed by atoms with Gasteiger partial charge in [-0.3, -0.25) is 14.4 Å². The maximum Gasteiger partial charge on any atom is 0.335 e. The summed E-state index contributed by atoms with van der Waals surface area (Å²) >= 11 is 0. The number of esters is 1. The highest BCUT2D eigenvalue weighted by atomic mass is 16.5. The Morgan fingerprint density at radius 2 is 1.88 bits per heavy atom. The Balaban J connectivity index is 2.20. The van der Waals surface area contributed by atoms with Crippen molar-refractivity contribution >= 4 is 35.1 Å². The number of anilines is 2. The van der Waals surface area contributed by atoms with Crippen LogP contribution in [0.2, 0.25) is 0 Å². The van der Waals surface area contributed by atoms with Crippen molar-refractivity contribution in [2.24, 2.45) is 0 Å². The van der Waals surface area contributed by atoms with Crippen molar-refractivity contribution in [1.82, 2.24) is 0 Å². The lowest BCUT2D eigenvalue weighted by Crippen LogP contribution is -2.31. The minimum atomic E-state index is -1.17. The van der Waals surface area contributed by atoms with Crippen molar-refractivity contribution in [1.29, 1.82) is 0 Å². The number of carboxylic acids is 1. The van der Waals surface area contributed by atoms with Gasteiger partial charge >= 0.3 is 11.9 Å². The first-order valence-corrected chi connectivity index (χ1v) is 7.77. The molecule has 1 aliphatic rings. The van der Waals surface area contributed by atoms with Crippen LogP contribution in [-0.4, -0.2) is 42.0 Å². The average molecular weight is 346 g/mol. The lowest BCUT2D eigenvalue weighted by Gasteiger charge is -2.19. The van der Waals surface area contributed by atoms with Gasteiger partial charge in [-0.15, -0.1) is 0 Å². The van der Waals surface area contributed by atoms with Crippen LogP contribution in [0, 0.1) is 0 Å². The Morgan fingerprint density at radius 3 is 2.48 bits per heavy atom. The Labute approximate surface area is 144 Å². The molecule has 0 saturated heterocycles. The normalized spacial score (nSPS) is 13.2. The summed E-state index contributed by atoms with van der Waals surface area (Å²) in [6.07, 6.45) is 3.87. The molecule has 1 aromatic carbocycles. The van der Waals surface area contributed by atoms with Gasteiger partial charge in [0.2, 0.25) is 0 Å². The van der Waals surface area contributed by atoms with E-state index in [1.54, 1.807) is 0 Å². The zero-order valence-corrected chi connectivity index (χ0v) is 13.7. The van der Waals surface area contributed by atoms with Crippen LogP contribution in [0.4, 0.5) is 11.4 Å². The smallest absolute Gasteiger partial charge is 0.335 e. The van der Waals surface area contributed by atoms with Gasteiger partial charge in [0, 0.05) is 12.2 Å². The van der Waals surface area contributed by atoms with Gasteiger partial charge in [-0.2, -0.15) is 0 Å². The molecule has 0 atom stereocenters. The third-order valence-corrected chi connectivity index (χ3v) is 3.48. The highest BCUT2D eigenvalue weighted by Crippen LogP contribution is 2.29. The lowest BCUT2D eigenvalue weighted by molar-refractivity contribution is -0.141. The molecule has 2 rings (SSSR count). The summed E-state index contributed by atoms with van der Waals surface area (Å²) in [5, 5.41) is 11.9. The first-order valence-electron chi connectivity index (χ1n) is 7.77. The maximum atomic E-state index is 11.9. The first kappa shape index (κ1) is 18.2. The number of nitrogens with one attached hydrogen (secondary N) is 1. The number of nitrogens with zero attached hydrogens (tertiary/aromatic N) is 1. The minimum absolute atomic E-state index is 0.0438. The molecule has 25 heavy (non-hydrogen) atoms. The van der Waals surface area contributed by atoms with Crippen LogP contribution in [0.3, 0.4) is 0 Å². The van der Waals surface area contributed by atoms with Crippen LogP contribution < -0.4 is 10.2 Å². The number of benzene rings is 1. The van der Waals surface area contributed by atoms with E-state index < -0.39 is 23.8 Å². The molecule has 1 aliphatic heterocycles. The summed E-state index contributed by atoms with van der Waals surface area (Å²) in [5.74, 6) is -2.77. The molecule has 2 amide bonds. The van der Waals surface area contributed by atoms with Crippen LogP contribution in [0.5, 0.6) is 0 Å². The molecule has 0 bridgehead atoms. The second-order valence-corrected chi connectivity index (χ2v) is 5.31. The van der Waals surface area contributed by atoms with Gasteiger partial charge in [-0.25, -0.2) is 9.69 Å².